The van der Waals surface area contributed by atoms with Gasteiger partial charge in [0.2, 0.25) is 0 Å². The van der Waals surface area contributed by atoms with Crippen LogP contribution in [-0.2, 0) is 5.41 Å². The Labute approximate surface area is 104 Å². The molecule has 0 radical (unpaired) electrons. The molecule has 1 unspecified atom stereocenters. The van der Waals surface area contributed by atoms with Crippen LogP contribution in [0.1, 0.15) is 43.1 Å². The molecule has 0 saturated carbocycles. The molecule has 1 atom stereocenters. The van der Waals surface area contributed by atoms with Gasteiger partial charge in [0.05, 0.1) is 10.7 Å². The Morgan fingerprint density at radius 1 is 1.31 bits per heavy atom. The van der Waals surface area contributed by atoms with E-state index >= 15 is 0 Å². The van der Waals surface area contributed by atoms with Crippen molar-refractivity contribution in [3.63, 3.8) is 0 Å². The van der Waals surface area contributed by atoms with E-state index in [0.717, 1.165) is 16.3 Å². The van der Waals surface area contributed by atoms with Crippen molar-refractivity contribution in [2.45, 2.75) is 32.3 Å². The first-order valence-electron chi connectivity index (χ1n) is 5.14. The van der Waals surface area contributed by atoms with Crippen molar-refractivity contribution in [3.8, 4) is 0 Å². The quantitative estimate of drug-likeness (QED) is 0.887. The Bertz CT molecular complexity index is 454. The van der Waals surface area contributed by atoms with Gasteiger partial charge in [0.15, 0.2) is 0 Å². The SMILES string of the molecule is CC(C)(C)c1nc(C(O)c2ccsc2)cs1. The van der Waals surface area contributed by atoms with E-state index < -0.39 is 6.10 Å². The third-order valence-corrected chi connectivity index (χ3v) is 4.29. The highest BCUT2D eigenvalue weighted by Crippen LogP contribution is 2.30. The highest BCUT2D eigenvalue weighted by atomic mass is 32.1. The maximum absolute atomic E-state index is 10.1. The summed E-state index contributed by atoms with van der Waals surface area (Å²) in [6.45, 7) is 6.39. The van der Waals surface area contributed by atoms with E-state index in [1.807, 2.05) is 22.2 Å². The van der Waals surface area contributed by atoms with Gasteiger partial charge in [-0.05, 0) is 22.4 Å². The zero-order chi connectivity index (χ0) is 11.8. The molecule has 4 heteroatoms. The van der Waals surface area contributed by atoms with Crippen LogP contribution in [0.5, 0.6) is 0 Å². The van der Waals surface area contributed by atoms with Crippen molar-refractivity contribution in [2.75, 3.05) is 0 Å². The Balaban J connectivity index is 2.26. The first kappa shape index (κ1) is 11.8. The molecule has 2 aromatic heterocycles. The highest BCUT2D eigenvalue weighted by molar-refractivity contribution is 7.09. The highest BCUT2D eigenvalue weighted by Gasteiger charge is 2.21. The van der Waals surface area contributed by atoms with Gasteiger partial charge in [-0.3, -0.25) is 0 Å². The van der Waals surface area contributed by atoms with E-state index in [0.29, 0.717) is 0 Å². The second-order valence-electron chi connectivity index (χ2n) is 4.79. The summed E-state index contributed by atoms with van der Waals surface area (Å²) in [5, 5.41) is 17.1. The average molecular weight is 253 g/mol. The summed E-state index contributed by atoms with van der Waals surface area (Å²) in [6, 6.07) is 1.94. The number of aliphatic hydroxyl groups is 1. The maximum atomic E-state index is 10.1. The van der Waals surface area contributed by atoms with Crippen LogP contribution < -0.4 is 0 Å². The largest absolute Gasteiger partial charge is 0.382 e. The fourth-order valence-electron chi connectivity index (χ4n) is 1.36. The molecule has 86 valence electrons. The molecular formula is C12H15NOS2. The number of hydrogen-bond donors (Lipinski definition) is 1. The van der Waals surface area contributed by atoms with Crippen LogP contribution in [0.2, 0.25) is 0 Å². The van der Waals surface area contributed by atoms with Crippen molar-refractivity contribution in [1.29, 1.82) is 0 Å². The van der Waals surface area contributed by atoms with Gasteiger partial charge in [-0.15, -0.1) is 11.3 Å². The van der Waals surface area contributed by atoms with Crippen LogP contribution in [0.3, 0.4) is 0 Å². The topological polar surface area (TPSA) is 33.1 Å². The van der Waals surface area contributed by atoms with E-state index in [1.54, 1.807) is 22.7 Å². The van der Waals surface area contributed by atoms with E-state index in [-0.39, 0.29) is 5.41 Å². The minimum absolute atomic E-state index is 0.0529. The fraction of sp³-hybridized carbons (Fsp3) is 0.417. The summed E-state index contributed by atoms with van der Waals surface area (Å²) in [5.41, 5.74) is 1.74. The Hall–Kier alpha value is -0.710. The zero-order valence-electron chi connectivity index (χ0n) is 9.60. The van der Waals surface area contributed by atoms with Gasteiger partial charge in [0.25, 0.3) is 0 Å². The molecule has 0 aliphatic heterocycles. The smallest absolute Gasteiger partial charge is 0.123 e. The molecule has 2 rings (SSSR count). The molecule has 0 fully saturated rings. The Morgan fingerprint density at radius 3 is 2.56 bits per heavy atom. The summed E-state index contributed by atoms with van der Waals surface area (Å²) in [6.07, 6.45) is -0.585. The van der Waals surface area contributed by atoms with E-state index in [1.165, 1.54) is 0 Å². The molecule has 2 heterocycles. The van der Waals surface area contributed by atoms with Gasteiger partial charge < -0.3 is 5.11 Å². The predicted molar refractivity (Wildman–Crippen MR) is 69.2 cm³/mol. The van der Waals surface area contributed by atoms with Crippen LogP contribution in [0.25, 0.3) is 0 Å². The molecular weight excluding hydrogens is 238 g/mol. The van der Waals surface area contributed by atoms with Gasteiger partial charge in [-0.25, -0.2) is 4.98 Å². The Kier molecular flexibility index (Phi) is 3.15. The maximum Gasteiger partial charge on any atom is 0.123 e. The van der Waals surface area contributed by atoms with E-state index in [9.17, 15) is 5.11 Å². The third-order valence-electron chi connectivity index (χ3n) is 2.30. The van der Waals surface area contributed by atoms with Crippen LogP contribution in [0.15, 0.2) is 22.2 Å². The van der Waals surface area contributed by atoms with Crippen molar-refractivity contribution < 1.29 is 5.11 Å². The number of rotatable bonds is 2. The number of thiazole rings is 1. The molecule has 16 heavy (non-hydrogen) atoms. The molecule has 0 saturated heterocycles. The van der Waals surface area contributed by atoms with Gasteiger partial charge in [-0.2, -0.15) is 11.3 Å². The van der Waals surface area contributed by atoms with E-state index in [4.69, 9.17) is 0 Å². The number of aliphatic hydroxyl groups excluding tert-OH is 1. The third kappa shape index (κ3) is 2.34. The number of hydrogen-bond acceptors (Lipinski definition) is 4. The standard InChI is InChI=1S/C12H15NOS2/c1-12(2,3)11-13-9(7-16-11)10(14)8-4-5-15-6-8/h4-7,10,14H,1-3H3. The predicted octanol–water partition coefficient (Wildman–Crippen LogP) is 3.58. The summed E-state index contributed by atoms with van der Waals surface area (Å²) < 4.78 is 0. The number of aromatic nitrogens is 1. The van der Waals surface area contributed by atoms with Crippen LogP contribution in [-0.4, -0.2) is 10.1 Å². The molecule has 2 nitrogen and oxygen atoms in total. The molecule has 2 aromatic rings. The molecule has 1 N–H and O–H groups in total. The first-order chi connectivity index (χ1) is 7.48. The van der Waals surface area contributed by atoms with Crippen molar-refractivity contribution in [2.24, 2.45) is 0 Å². The first-order valence-corrected chi connectivity index (χ1v) is 6.97. The molecule has 0 aliphatic carbocycles. The van der Waals surface area contributed by atoms with Crippen molar-refractivity contribution in [3.05, 3.63) is 38.5 Å². The summed E-state index contributed by atoms with van der Waals surface area (Å²) in [7, 11) is 0. The second-order valence-corrected chi connectivity index (χ2v) is 6.42. The van der Waals surface area contributed by atoms with Crippen LogP contribution >= 0.6 is 22.7 Å². The lowest BCUT2D eigenvalue weighted by atomic mass is 9.98. The van der Waals surface area contributed by atoms with Gasteiger partial charge in [0.1, 0.15) is 6.10 Å². The van der Waals surface area contributed by atoms with Crippen molar-refractivity contribution >= 4 is 22.7 Å². The van der Waals surface area contributed by atoms with Gasteiger partial charge >= 0.3 is 0 Å². The number of thiophene rings is 1. The lowest BCUT2D eigenvalue weighted by molar-refractivity contribution is 0.216. The lowest BCUT2D eigenvalue weighted by Gasteiger charge is -2.14. The Morgan fingerprint density at radius 2 is 2.06 bits per heavy atom. The van der Waals surface area contributed by atoms with Gasteiger partial charge in [-0.1, -0.05) is 20.8 Å². The summed E-state index contributed by atoms with van der Waals surface area (Å²) in [4.78, 5) is 4.51. The van der Waals surface area contributed by atoms with E-state index in [2.05, 4.69) is 25.8 Å². The molecule has 0 bridgehead atoms. The molecule has 0 aromatic carbocycles. The fourth-order valence-corrected chi connectivity index (χ4v) is 2.96. The summed E-state index contributed by atoms with van der Waals surface area (Å²) in [5.74, 6) is 0. The zero-order valence-corrected chi connectivity index (χ0v) is 11.2. The monoisotopic (exact) mass is 253 g/mol. The van der Waals surface area contributed by atoms with Gasteiger partial charge in [0, 0.05) is 10.8 Å². The molecule has 0 spiro atoms. The van der Waals surface area contributed by atoms with Crippen molar-refractivity contribution in [1.82, 2.24) is 4.98 Å². The minimum atomic E-state index is -0.585. The summed E-state index contributed by atoms with van der Waals surface area (Å²) >= 11 is 3.20. The normalized spacial score (nSPS) is 14.0. The minimum Gasteiger partial charge on any atom is -0.382 e. The lowest BCUT2D eigenvalue weighted by Crippen LogP contribution is -2.11. The molecule has 0 aliphatic rings. The average Bonchev–Trinajstić information content (AvgIpc) is 2.87. The van der Waals surface area contributed by atoms with Crippen LogP contribution in [0, 0.1) is 0 Å². The number of nitrogens with zero attached hydrogens (tertiary/aromatic N) is 1. The molecule has 0 amide bonds. The second kappa shape index (κ2) is 4.28. The van der Waals surface area contributed by atoms with Crippen LogP contribution in [0.4, 0.5) is 0 Å².